The predicted octanol–water partition coefficient (Wildman–Crippen LogP) is 3.33. The number of nitriles is 1. The molecule has 1 N–H and O–H groups in total. The Balaban J connectivity index is 2.62. The minimum absolute atomic E-state index is 0.314. The van der Waals surface area contributed by atoms with E-state index in [0.29, 0.717) is 17.8 Å². The summed E-state index contributed by atoms with van der Waals surface area (Å²) in [5, 5.41) is 19.3. The van der Waals surface area contributed by atoms with E-state index in [1.54, 1.807) is 14.0 Å². The highest BCUT2D eigenvalue weighted by atomic mass is 79.9. The Kier molecular flexibility index (Phi) is 4.67. The molecule has 0 amide bonds. The van der Waals surface area contributed by atoms with Gasteiger partial charge in [0.2, 0.25) is 0 Å². The fraction of sp³-hybridized carbons (Fsp3) is 0.312. The van der Waals surface area contributed by atoms with E-state index in [1.807, 2.05) is 24.0 Å². The van der Waals surface area contributed by atoms with Crippen molar-refractivity contribution in [3.63, 3.8) is 0 Å². The molecule has 0 bridgehead atoms. The largest absolute Gasteiger partial charge is 0.481 e. The normalized spacial score (nSPS) is 12.0. The summed E-state index contributed by atoms with van der Waals surface area (Å²) in [5.41, 5.74) is 2.96. The topological polar surface area (TPSA) is 77.2 Å². The molecule has 2 rings (SSSR count). The second-order valence-corrected chi connectivity index (χ2v) is 6.14. The van der Waals surface area contributed by atoms with Crippen molar-refractivity contribution in [2.45, 2.75) is 13.8 Å². The predicted molar refractivity (Wildman–Crippen MR) is 89.0 cm³/mol. The first-order chi connectivity index (χ1) is 10.4. The van der Waals surface area contributed by atoms with Gasteiger partial charge >= 0.3 is 5.97 Å². The average molecular weight is 362 g/mol. The molecule has 0 saturated heterocycles. The zero-order valence-corrected chi connectivity index (χ0v) is 14.2. The van der Waals surface area contributed by atoms with Gasteiger partial charge in [-0.1, -0.05) is 19.1 Å². The quantitative estimate of drug-likeness (QED) is 0.903. The van der Waals surface area contributed by atoms with Gasteiger partial charge in [-0.25, -0.2) is 0 Å². The van der Waals surface area contributed by atoms with Crippen LogP contribution in [0.2, 0.25) is 0 Å². The molecule has 114 valence electrons. The molecule has 5 nitrogen and oxygen atoms in total. The fourth-order valence-corrected chi connectivity index (χ4v) is 2.84. The molecule has 0 aliphatic heterocycles. The van der Waals surface area contributed by atoms with Gasteiger partial charge in [0, 0.05) is 29.6 Å². The first kappa shape index (κ1) is 16.2. The van der Waals surface area contributed by atoms with E-state index in [0.717, 1.165) is 20.9 Å². The minimum Gasteiger partial charge on any atom is -0.481 e. The van der Waals surface area contributed by atoms with Crippen molar-refractivity contribution < 1.29 is 9.90 Å². The third-order valence-corrected chi connectivity index (χ3v) is 4.61. The Bertz CT molecular complexity index is 783. The van der Waals surface area contributed by atoms with E-state index in [2.05, 4.69) is 27.0 Å². The lowest BCUT2D eigenvalue weighted by Gasteiger charge is -2.24. The van der Waals surface area contributed by atoms with Crippen LogP contribution in [0.25, 0.3) is 10.9 Å². The van der Waals surface area contributed by atoms with Crippen LogP contribution in [0, 0.1) is 24.2 Å². The van der Waals surface area contributed by atoms with E-state index in [9.17, 15) is 10.1 Å². The lowest BCUT2D eigenvalue weighted by molar-refractivity contribution is -0.140. The summed E-state index contributed by atoms with van der Waals surface area (Å²) in [7, 11) is 1.79. The van der Waals surface area contributed by atoms with Crippen LogP contribution in [0.4, 0.5) is 5.69 Å². The number of pyridine rings is 1. The number of carboxylic acid groups (broad SMARTS) is 1. The number of nitrogens with zero attached hydrogens (tertiary/aromatic N) is 3. The highest BCUT2D eigenvalue weighted by Crippen LogP contribution is 2.34. The summed E-state index contributed by atoms with van der Waals surface area (Å²) in [6, 6.07) is 6.01. The summed E-state index contributed by atoms with van der Waals surface area (Å²) in [5.74, 6) is -1.39. The average Bonchev–Trinajstić information content (AvgIpc) is 2.49. The van der Waals surface area contributed by atoms with E-state index in [1.165, 1.54) is 6.20 Å². The lowest BCUT2D eigenvalue weighted by atomic mass is 10.1. The van der Waals surface area contributed by atoms with Gasteiger partial charge in [0.05, 0.1) is 22.7 Å². The zero-order valence-electron chi connectivity index (χ0n) is 12.6. The van der Waals surface area contributed by atoms with Crippen molar-refractivity contribution in [3.05, 3.63) is 33.9 Å². The summed E-state index contributed by atoms with van der Waals surface area (Å²) in [6.45, 7) is 3.93. The van der Waals surface area contributed by atoms with Gasteiger partial charge in [0.25, 0.3) is 0 Å². The van der Waals surface area contributed by atoms with Gasteiger partial charge in [0.1, 0.15) is 6.07 Å². The van der Waals surface area contributed by atoms with Gasteiger partial charge in [-0.15, -0.1) is 0 Å². The molecule has 0 spiro atoms. The smallest absolute Gasteiger partial charge is 0.308 e. The molecule has 0 saturated carbocycles. The van der Waals surface area contributed by atoms with Gasteiger partial charge in [-0.05, 0) is 28.4 Å². The van der Waals surface area contributed by atoms with Gasteiger partial charge in [-0.2, -0.15) is 5.26 Å². The van der Waals surface area contributed by atoms with Crippen LogP contribution in [0.5, 0.6) is 0 Å². The third kappa shape index (κ3) is 2.90. The monoisotopic (exact) mass is 361 g/mol. The van der Waals surface area contributed by atoms with E-state index in [4.69, 9.17) is 5.11 Å². The van der Waals surface area contributed by atoms with E-state index < -0.39 is 11.9 Å². The maximum Gasteiger partial charge on any atom is 0.308 e. The number of rotatable bonds is 4. The number of aromatic nitrogens is 1. The number of aliphatic carboxylic acids is 1. The van der Waals surface area contributed by atoms with Crippen LogP contribution >= 0.6 is 15.9 Å². The number of fused-ring (bicyclic) bond motifs is 1. The number of hydrogen-bond donors (Lipinski definition) is 1. The second kappa shape index (κ2) is 6.32. The molecule has 1 heterocycles. The Morgan fingerprint density at radius 1 is 1.55 bits per heavy atom. The number of benzene rings is 1. The van der Waals surface area contributed by atoms with Crippen LogP contribution < -0.4 is 4.90 Å². The van der Waals surface area contributed by atoms with Crippen molar-refractivity contribution in [2.24, 2.45) is 5.92 Å². The van der Waals surface area contributed by atoms with Gasteiger partial charge in [0.15, 0.2) is 0 Å². The van der Waals surface area contributed by atoms with Crippen LogP contribution in [-0.4, -0.2) is 29.7 Å². The number of halogens is 1. The van der Waals surface area contributed by atoms with E-state index >= 15 is 0 Å². The molecule has 6 heteroatoms. The molecular formula is C16H16BrN3O2. The molecule has 0 radical (unpaired) electrons. The van der Waals surface area contributed by atoms with Crippen molar-refractivity contribution >= 4 is 38.5 Å². The third-order valence-electron chi connectivity index (χ3n) is 3.61. The van der Waals surface area contributed by atoms with Gasteiger partial charge in [-0.3, -0.25) is 9.78 Å². The molecule has 1 atom stereocenters. The maximum absolute atomic E-state index is 11.1. The van der Waals surface area contributed by atoms with Gasteiger partial charge < -0.3 is 10.0 Å². The standard InChI is InChI=1S/C16H16BrN3O2/c1-9-4-5-12-14(13(9)17)19-7-11(6-18)15(12)20(3)8-10(2)16(21)22/h4-5,7,10H,8H2,1-3H3,(H,21,22). The molecule has 1 aromatic carbocycles. The summed E-state index contributed by atoms with van der Waals surface area (Å²) >= 11 is 3.53. The molecule has 1 unspecified atom stereocenters. The molecular weight excluding hydrogens is 346 g/mol. The first-order valence-electron chi connectivity index (χ1n) is 6.78. The maximum atomic E-state index is 11.1. The lowest BCUT2D eigenvalue weighted by Crippen LogP contribution is -2.29. The molecule has 0 aliphatic rings. The van der Waals surface area contributed by atoms with Crippen molar-refractivity contribution in [1.82, 2.24) is 4.98 Å². The zero-order chi connectivity index (χ0) is 16.4. The molecule has 1 aromatic heterocycles. The highest BCUT2D eigenvalue weighted by molar-refractivity contribution is 9.10. The molecule has 2 aromatic rings. The molecule has 22 heavy (non-hydrogen) atoms. The Hall–Kier alpha value is -2.13. The number of carbonyl (C=O) groups is 1. The number of carboxylic acids is 1. The van der Waals surface area contributed by atoms with Crippen LogP contribution in [0.3, 0.4) is 0 Å². The summed E-state index contributed by atoms with van der Waals surface area (Å²) in [6.07, 6.45) is 1.53. The minimum atomic E-state index is -0.860. The molecule has 0 fully saturated rings. The van der Waals surface area contributed by atoms with Crippen molar-refractivity contribution in [2.75, 3.05) is 18.5 Å². The first-order valence-corrected chi connectivity index (χ1v) is 7.58. The fourth-order valence-electron chi connectivity index (χ4n) is 2.39. The summed E-state index contributed by atoms with van der Waals surface area (Å²) in [4.78, 5) is 17.2. The Morgan fingerprint density at radius 2 is 2.23 bits per heavy atom. The second-order valence-electron chi connectivity index (χ2n) is 5.34. The van der Waals surface area contributed by atoms with Crippen LogP contribution in [0.15, 0.2) is 22.8 Å². The highest BCUT2D eigenvalue weighted by Gasteiger charge is 2.19. The molecule has 0 aliphatic carbocycles. The van der Waals surface area contributed by atoms with Crippen LogP contribution in [0.1, 0.15) is 18.1 Å². The number of aryl methyl sites for hydroxylation is 1. The van der Waals surface area contributed by atoms with Crippen LogP contribution in [-0.2, 0) is 4.79 Å². The van der Waals surface area contributed by atoms with E-state index in [-0.39, 0.29) is 0 Å². The Morgan fingerprint density at radius 3 is 2.82 bits per heavy atom. The van der Waals surface area contributed by atoms with Crippen molar-refractivity contribution in [3.8, 4) is 6.07 Å². The number of hydrogen-bond acceptors (Lipinski definition) is 4. The summed E-state index contributed by atoms with van der Waals surface area (Å²) < 4.78 is 0.885. The number of anilines is 1. The SMILES string of the molecule is Cc1ccc2c(N(C)CC(C)C(=O)O)c(C#N)cnc2c1Br. The Labute approximate surface area is 137 Å². The van der Waals surface area contributed by atoms with Crippen molar-refractivity contribution in [1.29, 1.82) is 5.26 Å².